The van der Waals surface area contributed by atoms with Crippen LogP contribution in [-0.4, -0.2) is 18.7 Å². The zero-order valence-electron chi connectivity index (χ0n) is 15.4. The zero-order valence-corrected chi connectivity index (χ0v) is 18.6. The number of benzene rings is 1. The Morgan fingerprint density at radius 2 is 2.07 bits per heavy atom. The van der Waals surface area contributed by atoms with Crippen molar-refractivity contribution in [3.05, 3.63) is 49.4 Å². The number of ether oxygens (including phenoxy) is 3. The molecule has 144 valence electrons. The van der Waals surface area contributed by atoms with Crippen molar-refractivity contribution in [1.82, 2.24) is 0 Å². The summed E-state index contributed by atoms with van der Waals surface area (Å²) < 4.78 is 18.1. The van der Waals surface area contributed by atoms with E-state index in [1.54, 1.807) is 19.9 Å². The van der Waals surface area contributed by atoms with Crippen molar-refractivity contribution in [3.63, 3.8) is 0 Å². The molecule has 1 unspecified atom stereocenters. The molecule has 0 bridgehead atoms. The fourth-order valence-corrected chi connectivity index (χ4v) is 4.17. The highest BCUT2D eigenvalue weighted by Crippen LogP contribution is 2.46. The molecule has 0 saturated carbocycles. The van der Waals surface area contributed by atoms with Gasteiger partial charge in [0.25, 0.3) is 0 Å². The molecule has 2 N–H and O–H groups in total. The van der Waals surface area contributed by atoms with Crippen molar-refractivity contribution in [2.24, 2.45) is 5.73 Å². The highest BCUT2D eigenvalue weighted by atomic mass is 79.9. The molecule has 1 aliphatic rings. The molecule has 0 radical (unpaired) electrons. The van der Waals surface area contributed by atoms with Gasteiger partial charge in [0.05, 0.1) is 28.7 Å². The number of hydrogen-bond acceptors (Lipinski definition) is 6. The van der Waals surface area contributed by atoms with Crippen LogP contribution >= 0.6 is 31.9 Å². The topological polar surface area (TPSA) is 94.6 Å². The molecule has 6 nitrogen and oxygen atoms in total. The SMILES string of the molecule is CCOC(=O)C1=C(C)OC(N)=C(C#N)C1c1cc(Br)cc(Br)c1OC(C)C. The summed E-state index contributed by atoms with van der Waals surface area (Å²) in [7, 11) is 0. The van der Waals surface area contributed by atoms with Crippen molar-refractivity contribution in [2.45, 2.75) is 39.7 Å². The van der Waals surface area contributed by atoms with Gasteiger partial charge in [0.2, 0.25) is 5.88 Å². The second kappa shape index (κ2) is 8.81. The standard InChI is InChI=1S/C19H20Br2N2O4/c1-5-25-19(24)15-10(4)27-18(23)13(8-22)16(15)12-6-11(20)7-14(21)17(12)26-9(2)3/h6-7,9,16H,5,23H2,1-4H3. The van der Waals surface area contributed by atoms with E-state index in [0.29, 0.717) is 21.5 Å². The Bertz CT molecular complexity index is 869. The Hall–Kier alpha value is -1.98. The van der Waals surface area contributed by atoms with Gasteiger partial charge in [-0.15, -0.1) is 0 Å². The molecule has 1 aliphatic heterocycles. The number of halogens is 2. The number of nitrogens with two attached hydrogens (primary N) is 1. The van der Waals surface area contributed by atoms with Gasteiger partial charge in [-0.3, -0.25) is 0 Å². The van der Waals surface area contributed by atoms with Crippen LogP contribution in [-0.2, 0) is 14.3 Å². The van der Waals surface area contributed by atoms with Gasteiger partial charge in [-0.1, -0.05) is 15.9 Å². The molecule has 8 heteroatoms. The smallest absolute Gasteiger partial charge is 0.338 e. The molecule has 0 aliphatic carbocycles. The normalized spacial score (nSPS) is 16.9. The maximum atomic E-state index is 12.7. The lowest BCUT2D eigenvalue weighted by molar-refractivity contribution is -0.139. The lowest BCUT2D eigenvalue weighted by atomic mass is 9.82. The van der Waals surface area contributed by atoms with Crippen LogP contribution in [0.25, 0.3) is 0 Å². The first-order valence-corrected chi connectivity index (χ1v) is 9.90. The summed E-state index contributed by atoms with van der Waals surface area (Å²) in [4.78, 5) is 12.7. The van der Waals surface area contributed by atoms with Crippen LogP contribution in [0.5, 0.6) is 5.75 Å². The molecule has 0 spiro atoms. The fourth-order valence-electron chi connectivity index (χ4n) is 2.82. The molecular weight excluding hydrogens is 480 g/mol. The first kappa shape index (κ1) is 21.3. The van der Waals surface area contributed by atoms with Crippen molar-refractivity contribution in [2.75, 3.05) is 6.61 Å². The first-order chi connectivity index (χ1) is 12.7. The molecule has 0 aromatic heterocycles. The van der Waals surface area contributed by atoms with Crippen LogP contribution in [0.2, 0.25) is 0 Å². The van der Waals surface area contributed by atoms with E-state index in [9.17, 15) is 10.1 Å². The van der Waals surface area contributed by atoms with Gasteiger partial charge in [-0.05, 0) is 55.8 Å². The number of allylic oxidation sites excluding steroid dienone is 2. The van der Waals surface area contributed by atoms with Crippen LogP contribution in [0.15, 0.2) is 43.9 Å². The molecule has 0 amide bonds. The summed E-state index contributed by atoms with van der Waals surface area (Å²) in [5.41, 5.74) is 6.91. The fraction of sp³-hybridized carbons (Fsp3) is 0.368. The van der Waals surface area contributed by atoms with Crippen LogP contribution in [0.3, 0.4) is 0 Å². The van der Waals surface area contributed by atoms with Gasteiger partial charge in [-0.2, -0.15) is 5.26 Å². The number of nitrogens with zero attached hydrogens (tertiary/aromatic N) is 1. The summed E-state index contributed by atoms with van der Waals surface area (Å²) in [6, 6.07) is 5.71. The molecule has 1 aromatic carbocycles. The van der Waals surface area contributed by atoms with E-state index in [2.05, 4.69) is 37.9 Å². The van der Waals surface area contributed by atoms with Crippen molar-refractivity contribution < 1.29 is 19.0 Å². The summed E-state index contributed by atoms with van der Waals surface area (Å²) in [6.45, 7) is 7.32. The monoisotopic (exact) mass is 498 g/mol. The summed E-state index contributed by atoms with van der Waals surface area (Å²) in [6.07, 6.45) is -0.121. The quantitative estimate of drug-likeness (QED) is 0.593. The number of hydrogen-bond donors (Lipinski definition) is 1. The summed E-state index contributed by atoms with van der Waals surface area (Å²) in [5, 5.41) is 9.71. The minimum atomic E-state index is -0.773. The lowest BCUT2D eigenvalue weighted by Gasteiger charge is -2.29. The molecule has 1 aromatic rings. The number of rotatable bonds is 5. The van der Waals surface area contributed by atoms with Gasteiger partial charge in [0.15, 0.2) is 0 Å². The predicted octanol–water partition coefficient (Wildman–Crippen LogP) is 4.64. The third kappa shape index (κ3) is 4.47. The highest BCUT2D eigenvalue weighted by Gasteiger charge is 2.38. The minimum absolute atomic E-state index is 0.0420. The first-order valence-electron chi connectivity index (χ1n) is 8.32. The molecule has 0 saturated heterocycles. The maximum absolute atomic E-state index is 12.7. The molecule has 27 heavy (non-hydrogen) atoms. The highest BCUT2D eigenvalue weighted by molar-refractivity contribution is 9.11. The van der Waals surface area contributed by atoms with E-state index in [1.165, 1.54) is 0 Å². The number of esters is 1. The van der Waals surface area contributed by atoms with E-state index in [4.69, 9.17) is 19.9 Å². The molecule has 2 rings (SSSR count). The van der Waals surface area contributed by atoms with Gasteiger partial charge in [-0.25, -0.2) is 4.79 Å². The Kier molecular flexibility index (Phi) is 6.95. The predicted molar refractivity (Wildman–Crippen MR) is 108 cm³/mol. The maximum Gasteiger partial charge on any atom is 0.338 e. The Morgan fingerprint density at radius 3 is 2.63 bits per heavy atom. The Labute approximate surface area is 175 Å². The summed E-state index contributed by atoms with van der Waals surface area (Å²) >= 11 is 6.96. The second-order valence-corrected chi connectivity index (χ2v) is 7.86. The molecule has 1 heterocycles. The van der Waals surface area contributed by atoms with E-state index < -0.39 is 11.9 Å². The van der Waals surface area contributed by atoms with Gasteiger partial charge in [0.1, 0.15) is 23.2 Å². The van der Waals surface area contributed by atoms with E-state index in [1.807, 2.05) is 19.9 Å². The van der Waals surface area contributed by atoms with Gasteiger partial charge >= 0.3 is 5.97 Å². The average molecular weight is 500 g/mol. The molecule has 1 atom stereocenters. The Morgan fingerprint density at radius 1 is 1.41 bits per heavy atom. The van der Waals surface area contributed by atoms with E-state index in [-0.39, 0.29) is 29.7 Å². The zero-order chi connectivity index (χ0) is 20.3. The van der Waals surface area contributed by atoms with Crippen LogP contribution in [0.1, 0.15) is 39.2 Å². The van der Waals surface area contributed by atoms with E-state index >= 15 is 0 Å². The van der Waals surface area contributed by atoms with Crippen LogP contribution in [0.4, 0.5) is 0 Å². The van der Waals surface area contributed by atoms with Crippen molar-refractivity contribution in [1.29, 1.82) is 5.26 Å². The van der Waals surface area contributed by atoms with Gasteiger partial charge in [0, 0.05) is 10.0 Å². The van der Waals surface area contributed by atoms with Crippen LogP contribution in [0, 0.1) is 11.3 Å². The Balaban J connectivity index is 2.79. The third-order valence-corrected chi connectivity index (χ3v) is 4.85. The number of carbonyl (C=O) groups is 1. The van der Waals surface area contributed by atoms with Gasteiger partial charge < -0.3 is 19.9 Å². The van der Waals surface area contributed by atoms with E-state index in [0.717, 1.165) is 4.47 Å². The average Bonchev–Trinajstić information content (AvgIpc) is 2.56. The largest absolute Gasteiger partial charge is 0.490 e. The number of nitriles is 1. The molecular formula is C19H20Br2N2O4. The van der Waals surface area contributed by atoms with Crippen molar-refractivity contribution >= 4 is 37.8 Å². The lowest BCUT2D eigenvalue weighted by Crippen LogP contribution is -2.26. The van der Waals surface area contributed by atoms with Crippen molar-refractivity contribution in [3.8, 4) is 11.8 Å². The molecule has 0 fully saturated rings. The minimum Gasteiger partial charge on any atom is -0.490 e. The second-order valence-electron chi connectivity index (χ2n) is 6.09. The third-order valence-electron chi connectivity index (χ3n) is 3.80. The number of carbonyl (C=O) groups excluding carboxylic acids is 1. The summed E-state index contributed by atoms with van der Waals surface area (Å²) in [5.74, 6) is -0.561. The van der Waals surface area contributed by atoms with Crippen LogP contribution < -0.4 is 10.5 Å².